The highest BCUT2D eigenvalue weighted by Crippen LogP contribution is 2.39. The van der Waals surface area contributed by atoms with Crippen LogP contribution in [0.5, 0.6) is 0 Å². The highest BCUT2D eigenvalue weighted by molar-refractivity contribution is 9.09. The summed E-state index contributed by atoms with van der Waals surface area (Å²) in [5.41, 5.74) is 0.106. The summed E-state index contributed by atoms with van der Waals surface area (Å²) in [6.07, 6.45) is -0.0151. The number of fused-ring (bicyclic) bond motifs is 1. The quantitative estimate of drug-likeness (QED) is 0.555. The number of halogens is 1. The standard InChI is InChI=1S/C12H16BrNO4S/c1-12(2,3)11(16)10-7(5-13)6-19(17,18)9-4-8(15)14(9)10/h9H,4-6H2,1-3H3/t9-/m1/s1. The van der Waals surface area contributed by atoms with Crippen molar-refractivity contribution in [3.63, 3.8) is 0 Å². The van der Waals surface area contributed by atoms with Crippen molar-refractivity contribution in [1.29, 1.82) is 0 Å². The molecule has 2 aliphatic rings. The lowest BCUT2D eigenvalue weighted by atomic mass is 9.86. The Labute approximate surface area is 121 Å². The second-order valence-corrected chi connectivity index (χ2v) is 8.61. The van der Waals surface area contributed by atoms with E-state index in [1.54, 1.807) is 20.8 Å². The number of carbonyl (C=O) groups excluding carboxylic acids is 2. The number of rotatable bonds is 2. The Morgan fingerprint density at radius 2 is 2.00 bits per heavy atom. The van der Waals surface area contributed by atoms with Gasteiger partial charge in [0.05, 0.1) is 17.9 Å². The molecule has 2 heterocycles. The third-order valence-electron chi connectivity index (χ3n) is 3.33. The molecule has 1 fully saturated rings. The minimum absolute atomic E-state index is 0.0151. The fourth-order valence-corrected chi connectivity index (χ4v) is 4.83. The van der Waals surface area contributed by atoms with Crippen LogP contribution in [-0.4, -0.2) is 41.5 Å². The molecule has 7 heteroatoms. The molecule has 0 aliphatic carbocycles. The Kier molecular flexibility index (Phi) is 3.42. The van der Waals surface area contributed by atoms with Crippen molar-refractivity contribution in [1.82, 2.24) is 4.90 Å². The van der Waals surface area contributed by atoms with Crippen LogP contribution in [0, 0.1) is 5.41 Å². The minimum atomic E-state index is -3.36. The van der Waals surface area contributed by atoms with Gasteiger partial charge in [0, 0.05) is 10.7 Å². The Balaban J connectivity index is 2.57. The van der Waals surface area contributed by atoms with Crippen LogP contribution < -0.4 is 0 Å². The first-order chi connectivity index (χ1) is 8.59. The van der Waals surface area contributed by atoms with Gasteiger partial charge in [-0.05, 0) is 5.57 Å². The molecule has 106 valence electrons. The van der Waals surface area contributed by atoms with E-state index in [1.807, 2.05) is 0 Å². The summed E-state index contributed by atoms with van der Waals surface area (Å²) in [7, 11) is -3.36. The Hall–Kier alpha value is -0.690. The molecule has 1 saturated heterocycles. The molecule has 2 rings (SSSR count). The Morgan fingerprint density at radius 3 is 2.42 bits per heavy atom. The number of hydrogen-bond acceptors (Lipinski definition) is 4. The molecule has 0 aromatic rings. The molecule has 0 radical (unpaired) electrons. The van der Waals surface area contributed by atoms with E-state index in [-0.39, 0.29) is 34.9 Å². The summed E-state index contributed by atoms with van der Waals surface area (Å²) in [5.74, 6) is -0.627. The van der Waals surface area contributed by atoms with Crippen LogP contribution in [0.2, 0.25) is 0 Å². The molecule has 2 aliphatic heterocycles. The molecule has 0 saturated carbocycles. The summed E-state index contributed by atoms with van der Waals surface area (Å²) >= 11 is 3.22. The fourth-order valence-electron chi connectivity index (χ4n) is 2.25. The first-order valence-electron chi connectivity index (χ1n) is 5.96. The summed E-state index contributed by atoms with van der Waals surface area (Å²) in [6.45, 7) is 5.28. The van der Waals surface area contributed by atoms with Crippen LogP contribution in [0.3, 0.4) is 0 Å². The lowest BCUT2D eigenvalue weighted by Gasteiger charge is -2.45. The molecule has 0 bridgehead atoms. The molecule has 1 atom stereocenters. The van der Waals surface area contributed by atoms with E-state index in [9.17, 15) is 18.0 Å². The average molecular weight is 350 g/mol. The number of β-lactam (4-membered cyclic amide) rings is 1. The first kappa shape index (κ1) is 14.7. The van der Waals surface area contributed by atoms with Crippen molar-refractivity contribution in [2.45, 2.75) is 32.6 Å². The largest absolute Gasteiger partial charge is 0.292 e. The van der Waals surface area contributed by atoms with E-state index in [0.717, 1.165) is 0 Å². The fraction of sp³-hybridized carbons (Fsp3) is 0.667. The highest BCUT2D eigenvalue weighted by atomic mass is 79.9. The number of alkyl halides is 1. The van der Waals surface area contributed by atoms with Crippen LogP contribution in [0.4, 0.5) is 0 Å². The third-order valence-corrected chi connectivity index (χ3v) is 5.96. The predicted octanol–water partition coefficient (Wildman–Crippen LogP) is 1.24. The van der Waals surface area contributed by atoms with E-state index in [2.05, 4.69) is 15.9 Å². The normalized spacial score (nSPS) is 26.0. The number of hydrogen-bond donors (Lipinski definition) is 0. The van der Waals surface area contributed by atoms with Gasteiger partial charge in [-0.2, -0.15) is 0 Å². The number of allylic oxidation sites excluding steroid dienone is 1. The van der Waals surface area contributed by atoms with Gasteiger partial charge in [-0.3, -0.25) is 14.5 Å². The summed E-state index contributed by atoms with van der Waals surface area (Å²) in [4.78, 5) is 25.4. The second-order valence-electron chi connectivity index (χ2n) is 5.89. The van der Waals surface area contributed by atoms with Crippen molar-refractivity contribution in [2.75, 3.05) is 11.1 Å². The third kappa shape index (κ3) is 2.27. The lowest BCUT2D eigenvalue weighted by Crippen LogP contribution is -2.61. The minimum Gasteiger partial charge on any atom is -0.292 e. The monoisotopic (exact) mass is 349 g/mol. The van der Waals surface area contributed by atoms with Gasteiger partial charge in [-0.15, -0.1) is 0 Å². The summed E-state index contributed by atoms with van der Waals surface area (Å²) in [5, 5.41) is -0.566. The van der Waals surface area contributed by atoms with Crippen molar-refractivity contribution in [2.24, 2.45) is 5.41 Å². The second kappa shape index (κ2) is 4.41. The van der Waals surface area contributed by atoms with Crippen molar-refractivity contribution in [3.8, 4) is 0 Å². The van der Waals surface area contributed by atoms with Gasteiger partial charge in [0.25, 0.3) is 0 Å². The topological polar surface area (TPSA) is 71.5 Å². The van der Waals surface area contributed by atoms with Crippen molar-refractivity contribution >= 4 is 37.5 Å². The molecule has 1 amide bonds. The van der Waals surface area contributed by atoms with Gasteiger partial charge < -0.3 is 0 Å². The molecular weight excluding hydrogens is 334 g/mol. The van der Waals surface area contributed by atoms with E-state index >= 15 is 0 Å². The lowest BCUT2D eigenvalue weighted by molar-refractivity contribution is -0.142. The van der Waals surface area contributed by atoms with Crippen LogP contribution in [0.1, 0.15) is 27.2 Å². The van der Waals surface area contributed by atoms with Crippen LogP contribution in [-0.2, 0) is 19.4 Å². The smallest absolute Gasteiger partial charge is 0.231 e. The van der Waals surface area contributed by atoms with Crippen LogP contribution in [0.25, 0.3) is 0 Å². The maximum Gasteiger partial charge on any atom is 0.231 e. The zero-order valence-electron chi connectivity index (χ0n) is 11.1. The van der Waals surface area contributed by atoms with Gasteiger partial charge in [-0.25, -0.2) is 8.42 Å². The van der Waals surface area contributed by atoms with Crippen LogP contribution in [0.15, 0.2) is 11.3 Å². The Bertz CT molecular complexity index is 585. The molecule has 0 unspecified atom stereocenters. The van der Waals surface area contributed by atoms with Crippen molar-refractivity contribution in [3.05, 3.63) is 11.3 Å². The van der Waals surface area contributed by atoms with E-state index in [0.29, 0.717) is 5.57 Å². The molecule has 0 aromatic heterocycles. The van der Waals surface area contributed by atoms with E-state index in [4.69, 9.17) is 0 Å². The highest BCUT2D eigenvalue weighted by Gasteiger charge is 2.53. The van der Waals surface area contributed by atoms with Gasteiger partial charge in [0.2, 0.25) is 5.91 Å². The molecular formula is C12H16BrNO4S. The number of Topliss-reactive ketones (excluding diaryl/α,β-unsaturated/α-hetero) is 1. The molecule has 5 nitrogen and oxygen atoms in total. The molecule has 19 heavy (non-hydrogen) atoms. The average Bonchev–Trinajstić information content (AvgIpc) is 2.26. The van der Waals surface area contributed by atoms with Crippen LogP contribution >= 0.6 is 15.9 Å². The number of sulfone groups is 1. The van der Waals surface area contributed by atoms with Crippen molar-refractivity contribution < 1.29 is 18.0 Å². The van der Waals surface area contributed by atoms with E-state index in [1.165, 1.54) is 4.90 Å². The Morgan fingerprint density at radius 1 is 1.42 bits per heavy atom. The summed E-state index contributed by atoms with van der Waals surface area (Å²) < 4.78 is 24.0. The first-order valence-corrected chi connectivity index (χ1v) is 8.79. The molecule has 0 spiro atoms. The number of nitrogens with zero attached hydrogens (tertiary/aromatic N) is 1. The molecule has 0 N–H and O–H groups in total. The van der Waals surface area contributed by atoms with Gasteiger partial charge in [0.15, 0.2) is 15.6 Å². The SMILES string of the molecule is CC(C)(C)C(=O)C1=C(CBr)CS(=O)(=O)[C@@H]2CC(=O)N12. The maximum atomic E-state index is 12.5. The zero-order valence-corrected chi connectivity index (χ0v) is 13.5. The van der Waals surface area contributed by atoms with Gasteiger partial charge in [-0.1, -0.05) is 36.7 Å². The predicted molar refractivity (Wildman–Crippen MR) is 74.3 cm³/mol. The zero-order chi connectivity index (χ0) is 14.6. The van der Waals surface area contributed by atoms with Gasteiger partial charge >= 0.3 is 0 Å². The molecule has 0 aromatic carbocycles. The van der Waals surface area contributed by atoms with Gasteiger partial charge in [0.1, 0.15) is 5.37 Å². The number of ketones is 1. The van der Waals surface area contributed by atoms with E-state index < -0.39 is 20.6 Å². The maximum absolute atomic E-state index is 12.5. The summed E-state index contributed by atoms with van der Waals surface area (Å²) in [6, 6.07) is 0. The number of amides is 1. The number of carbonyl (C=O) groups is 2.